The van der Waals surface area contributed by atoms with E-state index in [2.05, 4.69) is 25.7 Å². The second-order valence-electron chi connectivity index (χ2n) is 5.90. The molecule has 2 aliphatic rings. The number of morpholine rings is 1. The van der Waals surface area contributed by atoms with Crippen LogP contribution in [0.2, 0.25) is 0 Å². The molecule has 3 heteroatoms. The molecule has 0 bridgehead atoms. The Hall–Kier alpha value is -0.120. The molecule has 2 atom stereocenters. The van der Waals surface area contributed by atoms with E-state index in [4.69, 9.17) is 9.47 Å². The lowest BCUT2D eigenvalue weighted by atomic mass is 9.86. The van der Waals surface area contributed by atoms with E-state index in [1.54, 1.807) is 0 Å². The summed E-state index contributed by atoms with van der Waals surface area (Å²) < 4.78 is 11.4. The van der Waals surface area contributed by atoms with Crippen LogP contribution in [0.1, 0.15) is 40.0 Å². The first kappa shape index (κ1) is 12.3. The zero-order valence-corrected chi connectivity index (χ0v) is 10.9. The van der Waals surface area contributed by atoms with Crippen LogP contribution in [0.4, 0.5) is 0 Å². The Labute approximate surface area is 99.1 Å². The zero-order chi connectivity index (χ0) is 11.6. The average molecular weight is 227 g/mol. The lowest BCUT2D eigenvalue weighted by molar-refractivity contribution is -0.122. The minimum Gasteiger partial charge on any atom is -0.376 e. The number of fused-ring (bicyclic) bond motifs is 1. The van der Waals surface area contributed by atoms with Crippen LogP contribution in [0.25, 0.3) is 0 Å². The zero-order valence-electron chi connectivity index (χ0n) is 10.9. The van der Waals surface area contributed by atoms with E-state index >= 15 is 0 Å². The lowest BCUT2D eigenvalue weighted by Gasteiger charge is -2.48. The van der Waals surface area contributed by atoms with Gasteiger partial charge in [0.05, 0.1) is 18.3 Å². The lowest BCUT2D eigenvalue weighted by Crippen LogP contribution is -2.57. The molecule has 3 nitrogen and oxygen atoms in total. The second-order valence-corrected chi connectivity index (χ2v) is 5.90. The van der Waals surface area contributed by atoms with E-state index in [0.29, 0.717) is 12.1 Å². The van der Waals surface area contributed by atoms with Gasteiger partial charge in [-0.1, -0.05) is 0 Å². The Bertz CT molecular complexity index is 224. The van der Waals surface area contributed by atoms with Gasteiger partial charge in [0.1, 0.15) is 0 Å². The smallest absolute Gasteiger partial charge is 0.0731 e. The Morgan fingerprint density at radius 1 is 1.31 bits per heavy atom. The molecule has 0 N–H and O–H groups in total. The predicted octanol–water partition coefficient (Wildman–Crippen LogP) is 2.05. The summed E-state index contributed by atoms with van der Waals surface area (Å²) in [6.45, 7) is 10.4. The van der Waals surface area contributed by atoms with Gasteiger partial charge in [0.2, 0.25) is 0 Å². The second kappa shape index (κ2) is 5.03. The topological polar surface area (TPSA) is 21.7 Å². The Kier molecular flexibility index (Phi) is 3.88. The first-order valence-electron chi connectivity index (χ1n) is 6.56. The number of hydrogen-bond acceptors (Lipinski definition) is 3. The van der Waals surface area contributed by atoms with Crippen molar-refractivity contribution < 1.29 is 9.47 Å². The molecule has 94 valence electrons. The van der Waals surface area contributed by atoms with Crippen LogP contribution in [-0.2, 0) is 9.47 Å². The molecule has 0 aromatic rings. The molecule has 1 saturated heterocycles. The van der Waals surface area contributed by atoms with Gasteiger partial charge in [-0.2, -0.15) is 0 Å². The highest BCUT2D eigenvalue weighted by atomic mass is 16.5. The standard InChI is InChI=1S/C13H25NO2/c1-13(2,3)16-9-4-7-14-8-10-15-12-6-5-11(12)14/h11-12H,4-10H2,1-3H3/t11-,12+/m1/s1. The molecule has 0 radical (unpaired) electrons. The molecule has 1 aliphatic heterocycles. The van der Waals surface area contributed by atoms with Crippen molar-refractivity contribution in [3.8, 4) is 0 Å². The van der Waals surface area contributed by atoms with E-state index in [1.807, 2.05) is 0 Å². The highest BCUT2D eigenvalue weighted by Gasteiger charge is 2.38. The minimum absolute atomic E-state index is 0.00398. The van der Waals surface area contributed by atoms with Gasteiger partial charge in [-0.25, -0.2) is 0 Å². The van der Waals surface area contributed by atoms with Crippen molar-refractivity contribution in [1.29, 1.82) is 0 Å². The van der Waals surface area contributed by atoms with E-state index in [-0.39, 0.29) is 5.60 Å². The van der Waals surface area contributed by atoms with E-state index in [9.17, 15) is 0 Å². The molecule has 0 spiro atoms. The van der Waals surface area contributed by atoms with Gasteiger partial charge >= 0.3 is 0 Å². The molecule has 0 amide bonds. The predicted molar refractivity (Wildman–Crippen MR) is 64.7 cm³/mol. The maximum Gasteiger partial charge on any atom is 0.0731 e. The first-order valence-corrected chi connectivity index (χ1v) is 6.56. The van der Waals surface area contributed by atoms with Crippen LogP contribution >= 0.6 is 0 Å². The van der Waals surface area contributed by atoms with Gasteiger partial charge in [0.25, 0.3) is 0 Å². The highest BCUT2D eigenvalue weighted by Crippen LogP contribution is 2.31. The molecule has 1 heterocycles. The number of rotatable bonds is 4. The summed E-state index contributed by atoms with van der Waals surface area (Å²) in [6, 6.07) is 0.711. The van der Waals surface area contributed by atoms with Gasteiger partial charge in [0.15, 0.2) is 0 Å². The summed E-state index contributed by atoms with van der Waals surface area (Å²) in [6.07, 6.45) is 4.27. The molecular weight excluding hydrogens is 202 g/mol. The molecular formula is C13H25NO2. The summed E-state index contributed by atoms with van der Waals surface area (Å²) >= 11 is 0. The normalized spacial score (nSPS) is 30.9. The van der Waals surface area contributed by atoms with E-state index < -0.39 is 0 Å². The van der Waals surface area contributed by atoms with Crippen LogP contribution < -0.4 is 0 Å². The van der Waals surface area contributed by atoms with Crippen molar-refractivity contribution >= 4 is 0 Å². The molecule has 1 aliphatic carbocycles. The molecule has 16 heavy (non-hydrogen) atoms. The van der Waals surface area contributed by atoms with Crippen LogP contribution in [0, 0.1) is 0 Å². The van der Waals surface area contributed by atoms with Crippen LogP contribution in [0.5, 0.6) is 0 Å². The summed E-state index contributed by atoms with van der Waals surface area (Å²) in [5.74, 6) is 0. The third-order valence-corrected chi connectivity index (χ3v) is 3.48. The van der Waals surface area contributed by atoms with Crippen molar-refractivity contribution in [2.24, 2.45) is 0 Å². The van der Waals surface area contributed by atoms with Crippen molar-refractivity contribution in [2.45, 2.75) is 57.8 Å². The Balaban J connectivity index is 1.62. The van der Waals surface area contributed by atoms with Gasteiger partial charge in [-0.15, -0.1) is 0 Å². The molecule has 0 unspecified atom stereocenters. The molecule has 0 aromatic carbocycles. The third kappa shape index (κ3) is 3.19. The summed E-state index contributed by atoms with van der Waals surface area (Å²) in [7, 11) is 0. The van der Waals surface area contributed by atoms with Crippen molar-refractivity contribution in [2.75, 3.05) is 26.3 Å². The summed E-state index contributed by atoms with van der Waals surface area (Å²) in [5, 5.41) is 0. The van der Waals surface area contributed by atoms with Gasteiger partial charge in [-0.3, -0.25) is 4.90 Å². The van der Waals surface area contributed by atoms with Gasteiger partial charge in [0, 0.05) is 25.7 Å². The third-order valence-electron chi connectivity index (χ3n) is 3.48. The minimum atomic E-state index is 0.00398. The average Bonchev–Trinajstić information content (AvgIpc) is 2.13. The van der Waals surface area contributed by atoms with Gasteiger partial charge < -0.3 is 9.47 Å². The van der Waals surface area contributed by atoms with E-state index in [1.165, 1.54) is 19.4 Å². The van der Waals surface area contributed by atoms with Crippen molar-refractivity contribution in [3.05, 3.63) is 0 Å². The maximum atomic E-state index is 5.74. The number of nitrogens with zero attached hydrogens (tertiary/aromatic N) is 1. The van der Waals surface area contributed by atoms with Crippen LogP contribution in [0.3, 0.4) is 0 Å². The van der Waals surface area contributed by atoms with Gasteiger partial charge in [-0.05, 0) is 40.0 Å². The quantitative estimate of drug-likeness (QED) is 0.686. The summed E-state index contributed by atoms with van der Waals surface area (Å²) in [4.78, 5) is 2.59. The Morgan fingerprint density at radius 2 is 2.12 bits per heavy atom. The van der Waals surface area contributed by atoms with E-state index in [0.717, 1.165) is 26.2 Å². The molecule has 2 rings (SSSR count). The fraction of sp³-hybridized carbons (Fsp3) is 1.00. The first-order chi connectivity index (χ1) is 7.56. The molecule has 1 saturated carbocycles. The number of ether oxygens (including phenoxy) is 2. The van der Waals surface area contributed by atoms with Crippen molar-refractivity contribution in [1.82, 2.24) is 4.90 Å². The molecule has 0 aromatic heterocycles. The van der Waals surface area contributed by atoms with Crippen molar-refractivity contribution in [3.63, 3.8) is 0 Å². The Morgan fingerprint density at radius 3 is 2.75 bits per heavy atom. The molecule has 2 fully saturated rings. The monoisotopic (exact) mass is 227 g/mol. The fourth-order valence-electron chi connectivity index (χ4n) is 2.47. The highest BCUT2D eigenvalue weighted by molar-refractivity contribution is 4.92. The number of hydrogen-bond donors (Lipinski definition) is 0. The fourth-order valence-corrected chi connectivity index (χ4v) is 2.47. The SMILES string of the molecule is CC(C)(C)OCCCN1CCO[C@H]2CC[C@H]21. The summed E-state index contributed by atoms with van der Waals surface area (Å²) in [5.41, 5.74) is 0.00398. The largest absolute Gasteiger partial charge is 0.376 e. The maximum absolute atomic E-state index is 5.74. The van der Waals surface area contributed by atoms with Crippen LogP contribution in [-0.4, -0.2) is 49.0 Å². The van der Waals surface area contributed by atoms with Crippen LogP contribution in [0.15, 0.2) is 0 Å².